The van der Waals surface area contributed by atoms with Crippen LogP contribution in [0.3, 0.4) is 0 Å². The van der Waals surface area contributed by atoms with Crippen molar-refractivity contribution in [1.82, 2.24) is 5.32 Å². The Balaban J connectivity index is 1.71. The van der Waals surface area contributed by atoms with E-state index in [1.54, 1.807) is 0 Å². The molecule has 0 radical (unpaired) electrons. The minimum atomic E-state index is -0.514. The average molecular weight is 356 g/mol. The lowest BCUT2D eigenvalue weighted by atomic mass is 10.1. The molecule has 0 aliphatic carbocycles. The van der Waals surface area contributed by atoms with Crippen LogP contribution in [0.15, 0.2) is 54.6 Å². The van der Waals surface area contributed by atoms with Crippen molar-refractivity contribution in [3.63, 3.8) is 0 Å². The average Bonchev–Trinajstić information content (AvgIpc) is 2.59. The number of aliphatic hydroxyl groups excluding tert-OH is 1. The largest absolute Gasteiger partial charge is 0.444 e. The molecule has 26 heavy (non-hydrogen) atoms. The van der Waals surface area contributed by atoms with Crippen molar-refractivity contribution in [1.29, 1.82) is 0 Å². The van der Waals surface area contributed by atoms with E-state index in [9.17, 15) is 9.90 Å². The van der Waals surface area contributed by atoms with E-state index in [1.165, 1.54) is 0 Å². The maximum Gasteiger partial charge on any atom is 0.412 e. The number of amides is 1. The van der Waals surface area contributed by atoms with Gasteiger partial charge in [0.05, 0.1) is 6.10 Å². The Bertz CT molecular complexity index is 679. The lowest BCUT2D eigenvalue weighted by Crippen LogP contribution is -2.27. The van der Waals surface area contributed by atoms with Crippen LogP contribution in [0.2, 0.25) is 0 Å². The Morgan fingerprint density at radius 3 is 2.35 bits per heavy atom. The Morgan fingerprint density at radius 1 is 1.08 bits per heavy atom. The molecule has 3 N–H and O–H groups in total. The molecule has 0 spiro atoms. The highest BCUT2D eigenvalue weighted by Gasteiger charge is 2.16. The van der Waals surface area contributed by atoms with Gasteiger partial charge in [-0.05, 0) is 57.0 Å². The maximum absolute atomic E-state index is 11.7. The number of hydrogen-bond donors (Lipinski definition) is 3. The number of hydrogen-bond acceptors (Lipinski definition) is 4. The van der Waals surface area contributed by atoms with E-state index >= 15 is 0 Å². The number of benzene rings is 2. The smallest absolute Gasteiger partial charge is 0.412 e. The first kappa shape index (κ1) is 19.9. The van der Waals surface area contributed by atoms with Crippen LogP contribution in [0.25, 0.3) is 0 Å². The third-order valence-corrected chi connectivity index (χ3v) is 3.71. The second-order valence-corrected chi connectivity index (χ2v) is 7.20. The van der Waals surface area contributed by atoms with Crippen LogP contribution in [0.4, 0.5) is 10.5 Å². The van der Waals surface area contributed by atoms with Gasteiger partial charge in [-0.3, -0.25) is 5.32 Å². The quantitative estimate of drug-likeness (QED) is 0.658. The van der Waals surface area contributed by atoms with E-state index in [0.717, 1.165) is 24.1 Å². The van der Waals surface area contributed by atoms with Gasteiger partial charge in [0, 0.05) is 12.2 Å². The molecule has 2 aromatic carbocycles. The van der Waals surface area contributed by atoms with Gasteiger partial charge in [-0.2, -0.15) is 0 Å². The minimum Gasteiger partial charge on any atom is -0.444 e. The van der Waals surface area contributed by atoms with Gasteiger partial charge in [-0.15, -0.1) is 0 Å². The van der Waals surface area contributed by atoms with Crippen molar-refractivity contribution < 1.29 is 14.6 Å². The molecule has 1 amide bonds. The van der Waals surface area contributed by atoms with Crippen molar-refractivity contribution in [2.75, 3.05) is 18.4 Å². The molecule has 2 rings (SSSR count). The predicted octanol–water partition coefficient (Wildman–Crippen LogP) is 3.90. The number of ether oxygens (including phenoxy) is 1. The van der Waals surface area contributed by atoms with Crippen molar-refractivity contribution in [3.05, 3.63) is 65.7 Å². The molecular formula is C21H28N2O3. The van der Waals surface area contributed by atoms with Gasteiger partial charge < -0.3 is 15.2 Å². The Hall–Kier alpha value is -2.37. The zero-order valence-electron chi connectivity index (χ0n) is 15.7. The third kappa shape index (κ3) is 7.25. The molecule has 140 valence electrons. The molecule has 2 aromatic rings. The second kappa shape index (κ2) is 9.36. The van der Waals surface area contributed by atoms with E-state index in [1.807, 2.05) is 75.4 Å². The van der Waals surface area contributed by atoms with Crippen LogP contribution < -0.4 is 10.6 Å². The topological polar surface area (TPSA) is 70.6 Å². The molecule has 0 bridgehead atoms. The number of aliphatic hydroxyl groups is 1. The first-order chi connectivity index (χ1) is 12.3. The van der Waals surface area contributed by atoms with Gasteiger partial charge in [0.15, 0.2) is 0 Å². The van der Waals surface area contributed by atoms with Crippen LogP contribution in [-0.4, -0.2) is 29.9 Å². The molecule has 0 aliphatic rings. The summed E-state index contributed by atoms with van der Waals surface area (Å²) < 4.78 is 5.23. The number of carbonyl (C=O) groups is 1. The second-order valence-electron chi connectivity index (χ2n) is 7.20. The molecule has 1 unspecified atom stereocenters. The maximum atomic E-state index is 11.7. The number of nitrogens with one attached hydrogen (secondary N) is 2. The summed E-state index contributed by atoms with van der Waals surface area (Å²) in [4.78, 5) is 11.7. The van der Waals surface area contributed by atoms with Gasteiger partial charge in [0.25, 0.3) is 0 Å². The van der Waals surface area contributed by atoms with Crippen LogP contribution in [0, 0.1) is 0 Å². The van der Waals surface area contributed by atoms with E-state index in [-0.39, 0.29) is 0 Å². The highest BCUT2D eigenvalue weighted by molar-refractivity contribution is 5.84. The lowest BCUT2D eigenvalue weighted by molar-refractivity contribution is 0.0636. The lowest BCUT2D eigenvalue weighted by Gasteiger charge is -2.19. The van der Waals surface area contributed by atoms with E-state index in [2.05, 4.69) is 10.6 Å². The Kier molecular flexibility index (Phi) is 7.18. The molecule has 0 saturated carbocycles. The summed E-state index contributed by atoms with van der Waals surface area (Å²) in [5.74, 6) is 0. The predicted molar refractivity (Wildman–Crippen MR) is 104 cm³/mol. The summed E-state index contributed by atoms with van der Waals surface area (Å²) in [6, 6.07) is 17.3. The summed E-state index contributed by atoms with van der Waals surface area (Å²) in [5.41, 5.74) is 2.26. The molecule has 0 fully saturated rings. The van der Waals surface area contributed by atoms with Gasteiger partial charge in [-0.25, -0.2) is 4.79 Å². The summed E-state index contributed by atoms with van der Waals surface area (Å²) in [5, 5.41) is 16.1. The third-order valence-electron chi connectivity index (χ3n) is 3.71. The number of carbonyl (C=O) groups excluding carboxylic acids is 1. The summed E-state index contributed by atoms with van der Waals surface area (Å²) in [6.07, 6.45) is -0.118. The van der Waals surface area contributed by atoms with Crippen LogP contribution >= 0.6 is 0 Å². The fourth-order valence-corrected chi connectivity index (χ4v) is 2.44. The molecule has 5 heteroatoms. The van der Waals surface area contributed by atoms with Gasteiger partial charge in [0.2, 0.25) is 0 Å². The first-order valence-electron chi connectivity index (χ1n) is 8.86. The van der Waals surface area contributed by atoms with Crippen molar-refractivity contribution in [2.45, 2.75) is 38.9 Å². The molecular weight excluding hydrogens is 328 g/mol. The van der Waals surface area contributed by atoms with E-state index in [4.69, 9.17) is 4.74 Å². The molecule has 0 aliphatic heterocycles. The van der Waals surface area contributed by atoms with Crippen molar-refractivity contribution >= 4 is 11.8 Å². The normalized spacial score (nSPS) is 12.5. The standard InChI is InChI=1S/C21H28N2O3/c1-21(2,3)26-20(25)23-18-11-9-16(10-12-18)13-14-22-15-19(24)17-7-5-4-6-8-17/h4-12,19,22,24H,13-15H2,1-3H3,(H,23,25). The van der Waals surface area contributed by atoms with E-state index in [0.29, 0.717) is 12.2 Å². The Labute approximate surface area is 155 Å². The summed E-state index contributed by atoms with van der Waals surface area (Å²) >= 11 is 0. The monoisotopic (exact) mass is 356 g/mol. The van der Waals surface area contributed by atoms with Gasteiger partial charge in [0.1, 0.15) is 5.60 Å². The molecule has 5 nitrogen and oxygen atoms in total. The number of anilines is 1. The summed E-state index contributed by atoms with van der Waals surface area (Å²) in [6.45, 7) is 6.78. The Morgan fingerprint density at radius 2 is 1.73 bits per heavy atom. The highest BCUT2D eigenvalue weighted by Crippen LogP contribution is 2.14. The minimum absolute atomic E-state index is 0.457. The highest BCUT2D eigenvalue weighted by atomic mass is 16.6. The molecule has 0 heterocycles. The molecule has 1 atom stereocenters. The van der Waals surface area contributed by atoms with Crippen molar-refractivity contribution in [2.24, 2.45) is 0 Å². The molecule has 0 aromatic heterocycles. The van der Waals surface area contributed by atoms with Gasteiger partial charge >= 0.3 is 6.09 Å². The fraction of sp³-hybridized carbons (Fsp3) is 0.381. The fourth-order valence-electron chi connectivity index (χ4n) is 2.44. The zero-order chi connectivity index (χ0) is 19.0. The van der Waals surface area contributed by atoms with Gasteiger partial charge in [-0.1, -0.05) is 42.5 Å². The van der Waals surface area contributed by atoms with Crippen LogP contribution in [0.5, 0.6) is 0 Å². The first-order valence-corrected chi connectivity index (χ1v) is 8.86. The van der Waals surface area contributed by atoms with E-state index < -0.39 is 17.8 Å². The zero-order valence-corrected chi connectivity index (χ0v) is 15.7. The summed E-state index contributed by atoms with van der Waals surface area (Å²) in [7, 11) is 0. The van der Waals surface area contributed by atoms with Crippen molar-refractivity contribution in [3.8, 4) is 0 Å². The van der Waals surface area contributed by atoms with Crippen LogP contribution in [-0.2, 0) is 11.2 Å². The molecule has 0 saturated heterocycles. The number of rotatable bonds is 7. The van der Waals surface area contributed by atoms with Crippen LogP contribution in [0.1, 0.15) is 38.0 Å². The SMILES string of the molecule is CC(C)(C)OC(=O)Nc1ccc(CCNCC(O)c2ccccc2)cc1.